The standard InChI is InChI=1S/C14H10ClN3O2S/c15-12-5-7-17-9-13(12)18-21(19,20)14-3-1-2-10-8-16-6-4-11(10)14/h1-9,18H. The van der Waals surface area contributed by atoms with Crippen LogP contribution in [0, 0.1) is 0 Å². The summed E-state index contributed by atoms with van der Waals surface area (Å²) in [6.07, 6.45) is 6.03. The molecule has 1 aromatic carbocycles. The molecule has 0 saturated carbocycles. The van der Waals surface area contributed by atoms with Crippen molar-refractivity contribution >= 4 is 38.1 Å². The molecule has 3 aromatic rings. The van der Waals surface area contributed by atoms with Crippen molar-refractivity contribution in [2.75, 3.05) is 4.72 Å². The lowest BCUT2D eigenvalue weighted by Crippen LogP contribution is -2.13. The molecule has 0 unspecified atom stereocenters. The molecule has 0 aliphatic carbocycles. The molecule has 0 saturated heterocycles. The number of benzene rings is 1. The molecule has 21 heavy (non-hydrogen) atoms. The van der Waals surface area contributed by atoms with Crippen LogP contribution in [0.4, 0.5) is 5.69 Å². The number of anilines is 1. The summed E-state index contributed by atoms with van der Waals surface area (Å²) >= 11 is 5.96. The topological polar surface area (TPSA) is 72.0 Å². The van der Waals surface area contributed by atoms with Crippen molar-refractivity contribution in [1.82, 2.24) is 9.97 Å². The van der Waals surface area contributed by atoms with Gasteiger partial charge in [-0.25, -0.2) is 8.42 Å². The molecule has 0 spiro atoms. The van der Waals surface area contributed by atoms with Gasteiger partial charge in [0.05, 0.1) is 21.8 Å². The van der Waals surface area contributed by atoms with Gasteiger partial charge in [0, 0.05) is 29.4 Å². The highest BCUT2D eigenvalue weighted by atomic mass is 35.5. The highest BCUT2D eigenvalue weighted by Crippen LogP contribution is 2.26. The Kier molecular flexibility index (Phi) is 3.48. The molecule has 0 aliphatic heterocycles. The summed E-state index contributed by atoms with van der Waals surface area (Å²) in [4.78, 5) is 8.02. The molecule has 1 N–H and O–H groups in total. The number of halogens is 1. The lowest BCUT2D eigenvalue weighted by Gasteiger charge is -2.11. The summed E-state index contributed by atoms with van der Waals surface area (Å²) in [7, 11) is -3.76. The number of rotatable bonds is 3. The van der Waals surface area contributed by atoms with Crippen molar-refractivity contribution < 1.29 is 8.42 Å². The number of hydrogen-bond acceptors (Lipinski definition) is 4. The largest absolute Gasteiger partial charge is 0.277 e. The molecule has 0 fully saturated rings. The van der Waals surface area contributed by atoms with Crippen LogP contribution < -0.4 is 4.72 Å². The minimum Gasteiger partial charge on any atom is -0.277 e. The van der Waals surface area contributed by atoms with Gasteiger partial charge < -0.3 is 0 Å². The third-order valence-corrected chi connectivity index (χ3v) is 4.70. The number of nitrogens with zero attached hydrogens (tertiary/aromatic N) is 2. The third kappa shape index (κ3) is 2.68. The zero-order valence-electron chi connectivity index (χ0n) is 10.7. The van der Waals surface area contributed by atoms with Crippen LogP contribution in [0.2, 0.25) is 5.02 Å². The van der Waals surface area contributed by atoms with E-state index in [1.807, 2.05) is 0 Å². The number of hydrogen-bond donors (Lipinski definition) is 1. The van der Waals surface area contributed by atoms with Gasteiger partial charge >= 0.3 is 0 Å². The molecule has 0 atom stereocenters. The third-order valence-electron chi connectivity index (χ3n) is 2.94. The van der Waals surface area contributed by atoms with Crippen LogP contribution in [0.1, 0.15) is 0 Å². The summed E-state index contributed by atoms with van der Waals surface area (Å²) in [6, 6.07) is 8.19. The van der Waals surface area contributed by atoms with E-state index >= 15 is 0 Å². The fourth-order valence-electron chi connectivity index (χ4n) is 1.98. The Labute approximate surface area is 126 Å². The van der Waals surface area contributed by atoms with Crippen LogP contribution in [-0.2, 0) is 10.0 Å². The van der Waals surface area contributed by atoms with E-state index < -0.39 is 10.0 Å². The average Bonchev–Trinajstić information content (AvgIpc) is 2.49. The first-order chi connectivity index (χ1) is 10.1. The smallest absolute Gasteiger partial charge is 0.262 e. The van der Waals surface area contributed by atoms with E-state index in [-0.39, 0.29) is 15.6 Å². The van der Waals surface area contributed by atoms with Crippen molar-refractivity contribution in [3.63, 3.8) is 0 Å². The first-order valence-electron chi connectivity index (χ1n) is 6.03. The second-order valence-corrected chi connectivity index (χ2v) is 6.37. The van der Waals surface area contributed by atoms with Gasteiger partial charge in [-0.2, -0.15) is 0 Å². The minimum absolute atomic E-state index is 0.169. The van der Waals surface area contributed by atoms with Gasteiger partial charge in [-0.1, -0.05) is 23.7 Å². The maximum Gasteiger partial charge on any atom is 0.262 e. The molecule has 0 amide bonds. The number of fused-ring (bicyclic) bond motifs is 1. The Bertz CT molecular complexity index is 907. The molecule has 106 valence electrons. The summed E-state index contributed by atoms with van der Waals surface area (Å²) in [5.41, 5.74) is 0.241. The molecular weight excluding hydrogens is 310 g/mol. The summed E-state index contributed by atoms with van der Waals surface area (Å²) < 4.78 is 27.6. The second-order valence-electron chi connectivity index (χ2n) is 4.31. The molecule has 7 heteroatoms. The summed E-state index contributed by atoms with van der Waals surface area (Å²) in [5, 5.41) is 1.63. The number of aromatic nitrogens is 2. The van der Waals surface area contributed by atoms with Crippen molar-refractivity contribution in [1.29, 1.82) is 0 Å². The van der Waals surface area contributed by atoms with Gasteiger partial charge in [-0.05, 0) is 18.2 Å². The lowest BCUT2D eigenvalue weighted by molar-refractivity contribution is 0.602. The van der Waals surface area contributed by atoms with Crippen molar-refractivity contribution in [2.24, 2.45) is 0 Å². The molecule has 0 bridgehead atoms. The van der Waals surface area contributed by atoms with Gasteiger partial charge in [-0.3, -0.25) is 14.7 Å². The molecule has 0 aliphatic rings. The highest BCUT2D eigenvalue weighted by molar-refractivity contribution is 7.93. The van der Waals surface area contributed by atoms with E-state index in [0.717, 1.165) is 5.39 Å². The highest BCUT2D eigenvalue weighted by Gasteiger charge is 2.18. The van der Waals surface area contributed by atoms with Crippen LogP contribution in [0.3, 0.4) is 0 Å². The van der Waals surface area contributed by atoms with Crippen LogP contribution in [0.25, 0.3) is 10.8 Å². The zero-order chi connectivity index (χ0) is 14.9. The molecule has 5 nitrogen and oxygen atoms in total. The van der Waals surface area contributed by atoms with Crippen molar-refractivity contribution in [2.45, 2.75) is 4.90 Å². The van der Waals surface area contributed by atoms with Gasteiger partial charge in [0.25, 0.3) is 10.0 Å². The first-order valence-corrected chi connectivity index (χ1v) is 7.89. The van der Waals surface area contributed by atoms with E-state index in [1.165, 1.54) is 24.5 Å². The molecule has 2 aromatic heterocycles. The summed E-state index contributed by atoms with van der Waals surface area (Å²) in [5.74, 6) is 0. The second kappa shape index (κ2) is 5.31. The Morgan fingerprint density at radius 1 is 1.00 bits per heavy atom. The number of sulfonamides is 1. The van der Waals surface area contributed by atoms with Gasteiger partial charge in [0.2, 0.25) is 0 Å². The fourth-order valence-corrected chi connectivity index (χ4v) is 3.48. The van der Waals surface area contributed by atoms with Crippen molar-refractivity contribution in [3.05, 3.63) is 60.1 Å². The molecule has 3 rings (SSSR count). The minimum atomic E-state index is -3.76. The van der Waals surface area contributed by atoms with E-state index in [2.05, 4.69) is 14.7 Å². The number of nitrogens with one attached hydrogen (secondary N) is 1. The van der Waals surface area contributed by atoms with Crippen molar-refractivity contribution in [3.8, 4) is 0 Å². The maximum atomic E-state index is 12.5. The summed E-state index contributed by atoms with van der Waals surface area (Å²) in [6.45, 7) is 0. The Hall–Kier alpha value is -2.18. The average molecular weight is 320 g/mol. The van der Waals surface area contributed by atoms with Crippen LogP contribution >= 0.6 is 11.6 Å². The normalized spacial score (nSPS) is 11.5. The molecular formula is C14H10ClN3O2S. The Morgan fingerprint density at radius 2 is 1.76 bits per heavy atom. The molecule has 2 heterocycles. The molecule has 0 radical (unpaired) electrons. The lowest BCUT2D eigenvalue weighted by atomic mass is 10.2. The quantitative estimate of drug-likeness (QED) is 0.805. The predicted octanol–water partition coefficient (Wildman–Crippen LogP) is 3.08. The Balaban J connectivity index is 2.11. The fraction of sp³-hybridized carbons (Fsp3) is 0. The number of pyridine rings is 2. The van der Waals surface area contributed by atoms with Gasteiger partial charge in [0.15, 0.2) is 0 Å². The van der Waals surface area contributed by atoms with Crippen LogP contribution in [0.15, 0.2) is 60.0 Å². The van der Waals surface area contributed by atoms with Crippen LogP contribution in [-0.4, -0.2) is 18.4 Å². The monoisotopic (exact) mass is 319 g/mol. The van der Waals surface area contributed by atoms with E-state index in [9.17, 15) is 8.42 Å². The zero-order valence-corrected chi connectivity index (χ0v) is 12.3. The van der Waals surface area contributed by atoms with Crippen LogP contribution in [0.5, 0.6) is 0 Å². The van der Waals surface area contributed by atoms with Gasteiger partial charge in [-0.15, -0.1) is 0 Å². The maximum absolute atomic E-state index is 12.5. The first kappa shape index (κ1) is 13.8. The Morgan fingerprint density at radius 3 is 2.57 bits per heavy atom. The predicted molar refractivity (Wildman–Crippen MR) is 81.8 cm³/mol. The van der Waals surface area contributed by atoms with E-state index in [0.29, 0.717) is 5.39 Å². The SMILES string of the molecule is O=S(=O)(Nc1cnccc1Cl)c1cccc2cnccc12. The van der Waals surface area contributed by atoms with Gasteiger partial charge in [0.1, 0.15) is 0 Å². The van der Waals surface area contributed by atoms with E-state index in [4.69, 9.17) is 11.6 Å². The van der Waals surface area contributed by atoms with E-state index in [1.54, 1.807) is 30.6 Å².